The number of hydrogen-bond acceptors (Lipinski definition) is 6. The van der Waals surface area contributed by atoms with Crippen molar-refractivity contribution in [2.24, 2.45) is 0 Å². The first-order valence-electron chi connectivity index (χ1n) is 11.5. The second kappa shape index (κ2) is 9.70. The Bertz CT molecular complexity index is 1000. The Morgan fingerprint density at radius 2 is 1.72 bits per heavy atom. The summed E-state index contributed by atoms with van der Waals surface area (Å²) in [6.45, 7) is 14.2. The van der Waals surface area contributed by atoms with Crippen molar-refractivity contribution < 1.29 is 21.6 Å². The Balaban J connectivity index is 1.90. The molecule has 2 aliphatic rings. The average molecular weight is 487 g/mol. The number of ether oxygens (including phenoxy) is 1. The first-order valence-corrected chi connectivity index (χ1v) is 14.7. The van der Waals surface area contributed by atoms with Crippen molar-refractivity contribution in [3.8, 4) is 0 Å². The van der Waals surface area contributed by atoms with Gasteiger partial charge in [0.25, 0.3) is 0 Å². The highest BCUT2D eigenvalue weighted by Gasteiger charge is 2.39. The van der Waals surface area contributed by atoms with Crippen LogP contribution in [0.2, 0.25) is 0 Å². The number of nitrogens with zero attached hydrogens (tertiary/aromatic N) is 2. The maximum absolute atomic E-state index is 13.9. The fourth-order valence-corrected chi connectivity index (χ4v) is 8.62. The van der Waals surface area contributed by atoms with Gasteiger partial charge in [-0.15, -0.1) is 0 Å². The second-order valence-corrected chi connectivity index (χ2v) is 14.2. The molecule has 0 saturated carbocycles. The Morgan fingerprint density at radius 3 is 2.22 bits per heavy atom. The van der Waals surface area contributed by atoms with E-state index in [1.165, 1.54) is 4.31 Å². The minimum atomic E-state index is -3.84. The lowest BCUT2D eigenvalue weighted by Crippen LogP contribution is -2.44. The molecule has 2 aliphatic heterocycles. The summed E-state index contributed by atoms with van der Waals surface area (Å²) in [4.78, 5) is 2.59. The van der Waals surface area contributed by atoms with Gasteiger partial charge in [-0.05, 0) is 55.3 Å². The average Bonchev–Trinajstić information content (AvgIpc) is 3.03. The first kappa shape index (κ1) is 25.6. The van der Waals surface area contributed by atoms with Crippen molar-refractivity contribution in [3.05, 3.63) is 28.8 Å². The zero-order chi connectivity index (χ0) is 23.7. The van der Waals surface area contributed by atoms with Gasteiger partial charge in [-0.1, -0.05) is 32.9 Å². The summed E-state index contributed by atoms with van der Waals surface area (Å²) in [6.07, 6.45) is 1.02. The molecule has 2 fully saturated rings. The van der Waals surface area contributed by atoms with Crippen LogP contribution in [0, 0.1) is 13.8 Å². The van der Waals surface area contributed by atoms with E-state index in [0.717, 1.165) is 25.2 Å². The normalized spacial score (nSPS) is 22.5. The van der Waals surface area contributed by atoms with Gasteiger partial charge in [0.1, 0.15) is 0 Å². The molecule has 0 aromatic heterocycles. The molecule has 182 valence electrons. The summed E-state index contributed by atoms with van der Waals surface area (Å²) in [6, 6.07) is 3.41. The monoisotopic (exact) mass is 486 g/mol. The van der Waals surface area contributed by atoms with Crippen LogP contribution in [0.1, 0.15) is 50.3 Å². The van der Waals surface area contributed by atoms with Gasteiger partial charge in [-0.25, -0.2) is 16.8 Å². The molecule has 0 aliphatic carbocycles. The van der Waals surface area contributed by atoms with Gasteiger partial charge in [0.15, 0.2) is 9.84 Å². The zero-order valence-electron chi connectivity index (χ0n) is 20.1. The van der Waals surface area contributed by atoms with Gasteiger partial charge in [0, 0.05) is 25.7 Å². The summed E-state index contributed by atoms with van der Waals surface area (Å²) < 4.78 is 59.0. The molecule has 32 heavy (non-hydrogen) atoms. The van der Waals surface area contributed by atoms with Crippen molar-refractivity contribution >= 4 is 19.9 Å². The highest BCUT2D eigenvalue weighted by molar-refractivity contribution is 7.92. The molecular formula is C23H38N2O5S2. The van der Waals surface area contributed by atoms with Crippen LogP contribution < -0.4 is 0 Å². The predicted molar refractivity (Wildman–Crippen MR) is 127 cm³/mol. The number of aryl methyl sites for hydroxylation is 2. The summed E-state index contributed by atoms with van der Waals surface area (Å²) >= 11 is 0. The molecule has 2 heterocycles. The fraction of sp³-hybridized carbons (Fsp3) is 0.739. The Labute approximate surface area is 194 Å². The lowest BCUT2D eigenvalue weighted by Gasteiger charge is -2.31. The van der Waals surface area contributed by atoms with Crippen molar-refractivity contribution in [3.63, 3.8) is 0 Å². The lowest BCUT2D eigenvalue weighted by molar-refractivity contribution is 0.0367. The Morgan fingerprint density at radius 1 is 1.12 bits per heavy atom. The van der Waals surface area contributed by atoms with Crippen LogP contribution in [-0.4, -0.2) is 83.0 Å². The van der Waals surface area contributed by atoms with Crippen LogP contribution in [0.5, 0.6) is 0 Å². The van der Waals surface area contributed by atoms with Crippen LogP contribution in [0.25, 0.3) is 0 Å². The molecule has 9 heteroatoms. The van der Waals surface area contributed by atoms with Crippen molar-refractivity contribution in [1.82, 2.24) is 9.21 Å². The molecule has 0 spiro atoms. The molecule has 0 radical (unpaired) electrons. The third-order valence-corrected chi connectivity index (χ3v) is 10.5. The largest absolute Gasteiger partial charge is 0.379 e. The summed E-state index contributed by atoms with van der Waals surface area (Å²) in [5.74, 6) is -0.0456. The number of rotatable bonds is 7. The van der Waals surface area contributed by atoms with E-state index in [-0.39, 0.29) is 16.9 Å². The molecule has 0 N–H and O–H groups in total. The van der Waals surface area contributed by atoms with E-state index in [2.05, 4.69) is 25.7 Å². The van der Waals surface area contributed by atoms with E-state index in [1.54, 1.807) is 0 Å². The topological polar surface area (TPSA) is 84.0 Å². The van der Waals surface area contributed by atoms with Crippen LogP contribution in [0.4, 0.5) is 0 Å². The highest BCUT2D eigenvalue weighted by atomic mass is 32.2. The SMILES string of the molecule is Cc1cc(C(C)(C)C)cc(C)c1S(=O)(=O)N(CCCN1CCOCC1)C1CCS(=O)(=O)C1. The molecular weight excluding hydrogens is 448 g/mol. The fourth-order valence-electron chi connectivity index (χ4n) is 4.68. The Kier molecular flexibility index (Phi) is 7.77. The van der Waals surface area contributed by atoms with Crippen LogP contribution in [-0.2, 0) is 30.0 Å². The number of sulfone groups is 1. The maximum atomic E-state index is 13.9. The van der Waals surface area contributed by atoms with Crippen LogP contribution >= 0.6 is 0 Å². The minimum Gasteiger partial charge on any atom is -0.379 e. The predicted octanol–water partition coefficient (Wildman–Crippen LogP) is 2.50. The molecule has 1 unspecified atom stereocenters. The minimum absolute atomic E-state index is 0.0497. The first-order chi connectivity index (χ1) is 14.8. The lowest BCUT2D eigenvalue weighted by atomic mass is 9.85. The second-order valence-electron chi connectivity index (χ2n) is 10.2. The molecule has 0 amide bonds. The molecule has 3 rings (SSSR count). The van der Waals surface area contributed by atoms with E-state index in [4.69, 9.17) is 4.74 Å². The number of sulfonamides is 1. The van der Waals surface area contributed by atoms with Crippen LogP contribution in [0.15, 0.2) is 17.0 Å². The smallest absolute Gasteiger partial charge is 0.243 e. The molecule has 7 nitrogen and oxygen atoms in total. The number of benzene rings is 1. The van der Waals surface area contributed by atoms with E-state index < -0.39 is 25.9 Å². The van der Waals surface area contributed by atoms with E-state index in [0.29, 0.717) is 48.6 Å². The Hall–Kier alpha value is -1.00. The molecule has 0 bridgehead atoms. The van der Waals surface area contributed by atoms with E-state index in [1.807, 2.05) is 26.0 Å². The van der Waals surface area contributed by atoms with Gasteiger partial charge in [-0.2, -0.15) is 4.31 Å². The van der Waals surface area contributed by atoms with Gasteiger partial charge in [0.05, 0.1) is 29.6 Å². The molecule has 1 atom stereocenters. The third-order valence-electron chi connectivity index (χ3n) is 6.47. The molecule has 2 saturated heterocycles. The zero-order valence-corrected chi connectivity index (χ0v) is 21.7. The summed E-state index contributed by atoms with van der Waals surface area (Å²) in [5.41, 5.74) is 2.44. The molecule has 1 aromatic carbocycles. The molecule has 1 aromatic rings. The highest BCUT2D eigenvalue weighted by Crippen LogP contribution is 2.33. The van der Waals surface area contributed by atoms with Crippen molar-refractivity contribution in [2.75, 3.05) is 50.9 Å². The number of morpholine rings is 1. The standard InChI is InChI=1S/C23H38N2O5S2/c1-18-15-20(23(3,4)5)16-19(2)22(18)32(28,29)25(21-7-14-31(26,27)17-21)9-6-8-24-10-12-30-13-11-24/h15-16,21H,6-14,17H2,1-5H3. The van der Waals surface area contributed by atoms with Gasteiger partial charge < -0.3 is 4.74 Å². The number of hydrogen-bond donors (Lipinski definition) is 0. The van der Waals surface area contributed by atoms with E-state index >= 15 is 0 Å². The summed E-state index contributed by atoms with van der Waals surface area (Å²) in [7, 11) is -7.04. The quantitative estimate of drug-likeness (QED) is 0.589. The third kappa shape index (κ3) is 5.91. The van der Waals surface area contributed by atoms with Crippen molar-refractivity contribution in [2.45, 2.75) is 63.8 Å². The maximum Gasteiger partial charge on any atom is 0.243 e. The van der Waals surface area contributed by atoms with Crippen molar-refractivity contribution in [1.29, 1.82) is 0 Å². The van der Waals surface area contributed by atoms with Crippen LogP contribution in [0.3, 0.4) is 0 Å². The summed E-state index contributed by atoms with van der Waals surface area (Å²) in [5, 5.41) is 0. The van der Waals surface area contributed by atoms with Gasteiger partial charge in [-0.3, -0.25) is 4.90 Å². The van der Waals surface area contributed by atoms with Gasteiger partial charge in [0.2, 0.25) is 10.0 Å². The van der Waals surface area contributed by atoms with E-state index in [9.17, 15) is 16.8 Å². The van der Waals surface area contributed by atoms with Gasteiger partial charge >= 0.3 is 0 Å².